The zero-order valence-electron chi connectivity index (χ0n) is 14.1. The van der Waals surface area contributed by atoms with Gasteiger partial charge in [0.25, 0.3) is 0 Å². The number of para-hydroxylation sites is 1. The molecule has 3 aliphatic rings. The molecular formula is C18H23N3O3. The summed E-state index contributed by atoms with van der Waals surface area (Å²) in [5.41, 5.74) is 2.34. The monoisotopic (exact) mass is 329 g/mol. The van der Waals surface area contributed by atoms with Gasteiger partial charge in [-0.2, -0.15) is 4.99 Å². The lowest BCUT2D eigenvalue weighted by atomic mass is 9.91. The van der Waals surface area contributed by atoms with Gasteiger partial charge >= 0.3 is 6.03 Å². The van der Waals surface area contributed by atoms with E-state index in [1.165, 1.54) is 5.56 Å². The van der Waals surface area contributed by atoms with Crippen molar-refractivity contribution in [1.82, 2.24) is 4.90 Å². The van der Waals surface area contributed by atoms with Crippen LogP contribution in [0.4, 0.5) is 10.5 Å². The summed E-state index contributed by atoms with van der Waals surface area (Å²) in [6.45, 7) is 5.78. The quantitative estimate of drug-likeness (QED) is 0.926. The maximum absolute atomic E-state index is 12.3. The van der Waals surface area contributed by atoms with Gasteiger partial charge in [0.2, 0.25) is 0 Å². The molecule has 3 aliphatic heterocycles. The Labute approximate surface area is 141 Å². The molecule has 0 aromatic heterocycles. The number of ether oxygens (including phenoxy) is 2. The summed E-state index contributed by atoms with van der Waals surface area (Å²) in [4.78, 5) is 18.4. The first-order valence-corrected chi connectivity index (χ1v) is 8.54. The third-order valence-electron chi connectivity index (χ3n) is 4.85. The van der Waals surface area contributed by atoms with Crippen LogP contribution in [0.15, 0.2) is 29.3 Å². The second kappa shape index (κ2) is 5.86. The van der Waals surface area contributed by atoms with E-state index in [2.05, 4.69) is 16.4 Å². The van der Waals surface area contributed by atoms with Gasteiger partial charge in [-0.1, -0.05) is 18.2 Å². The molecule has 1 aromatic carbocycles. The van der Waals surface area contributed by atoms with Crippen molar-refractivity contribution in [2.45, 2.75) is 38.6 Å². The molecule has 24 heavy (non-hydrogen) atoms. The van der Waals surface area contributed by atoms with Gasteiger partial charge in [-0.15, -0.1) is 0 Å². The Hall–Kier alpha value is -1.92. The SMILES string of the molecule is CC1(C)OC[C@H](CCN2CC3Cc4ccccc4NC3=NC2=O)O1. The van der Waals surface area contributed by atoms with Crippen LogP contribution in [0.2, 0.25) is 0 Å². The van der Waals surface area contributed by atoms with Crippen LogP contribution in [0, 0.1) is 5.92 Å². The van der Waals surface area contributed by atoms with Crippen LogP contribution in [0.3, 0.4) is 0 Å². The van der Waals surface area contributed by atoms with E-state index in [0.29, 0.717) is 19.7 Å². The molecular weight excluding hydrogens is 306 g/mol. The largest absolute Gasteiger partial charge is 0.348 e. The highest BCUT2D eigenvalue weighted by Gasteiger charge is 2.35. The first-order valence-electron chi connectivity index (χ1n) is 8.54. The number of nitrogens with zero attached hydrogens (tertiary/aromatic N) is 2. The number of carbonyl (C=O) groups is 1. The van der Waals surface area contributed by atoms with Crippen molar-refractivity contribution in [2.24, 2.45) is 10.9 Å². The molecule has 6 nitrogen and oxygen atoms in total. The molecule has 2 atom stereocenters. The number of amidine groups is 1. The lowest BCUT2D eigenvalue weighted by Gasteiger charge is -2.35. The number of hydrogen-bond donors (Lipinski definition) is 1. The number of nitrogens with one attached hydrogen (secondary N) is 1. The molecule has 128 valence electrons. The minimum absolute atomic E-state index is 0.0448. The molecule has 1 saturated heterocycles. The summed E-state index contributed by atoms with van der Waals surface area (Å²) >= 11 is 0. The van der Waals surface area contributed by atoms with E-state index < -0.39 is 5.79 Å². The number of aliphatic imine (C=N–C) groups is 1. The summed E-state index contributed by atoms with van der Waals surface area (Å²) in [6, 6.07) is 8.05. The molecule has 0 aliphatic carbocycles. The summed E-state index contributed by atoms with van der Waals surface area (Å²) in [5, 5.41) is 3.32. The van der Waals surface area contributed by atoms with E-state index >= 15 is 0 Å². The molecule has 0 spiro atoms. The van der Waals surface area contributed by atoms with Crippen LogP contribution in [-0.4, -0.2) is 48.4 Å². The predicted octanol–water partition coefficient (Wildman–Crippen LogP) is 2.65. The van der Waals surface area contributed by atoms with Crippen LogP contribution in [0.5, 0.6) is 0 Å². The van der Waals surface area contributed by atoms with Gasteiger partial charge < -0.3 is 19.7 Å². The molecule has 1 unspecified atom stereocenters. The van der Waals surface area contributed by atoms with Gasteiger partial charge in [0.1, 0.15) is 5.84 Å². The first-order chi connectivity index (χ1) is 11.5. The standard InChI is InChI=1S/C18H23N3O3/c1-18(2)23-11-14(24-18)7-8-21-10-13-9-12-5-3-4-6-15(12)19-16(13)20-17(21)22/h3-6,13-14H,7-11H2,1-2H3,(H,19,20,22)/t13?,14-/m0/s1. The van der Waals surface area contributed by atoms with Gasteiger partial charge in [-0.25, -0.2) is 4.79 Å². The molecule has 0 radical (unpaired) electrons. The van der Waals surface area contributed by atoms with E-state index in [-0.39, 0.29) is 18.1 Å². The highest BCUT2D eigenvalue weighted by atomic mass is 16.7. The third kappa shape index (κ3) is 3.03. The van der Waals surface area contributed by atoms with Gasteiger partial charge in [-0.3, -0.25) is 0 Å². The molecule has 0 saturated carbocycles. The molecule has 1 aromatic rings. The Kier molecular flexibility index (Phi) is 3.81. The number of carbonyl (C=O) groups excluding carboxylic acids is 1. The van der Waals surface area contributed by atoms with E-state index in [9.17, 15) is 4.79 Å². The number of amides is 2. The van der Waals surface area contributed by atoms with Crippen molar-refractivity contribution >= 4 is 17.6 Å². The molecule has 1 N–H and O–H groups in total. The fourth-order valence-corrected chi connectivity index (χ4v) is 3.60. The Morgan fingerprint density at radius 1 is 1.38 bits per heavy atom. The number of urea groups is 1. The maximum atomic E-state index is 12.3. The lowest BCUT2D eigenvalue weighted by Crippen LogP contribution is -2.47. The maximum Gasteiger partial charge on any atom is 0.345 e. The Morgan fingerprint density at radius 2 is 2.21 bits per heavy atom. The number of anilines is 1. The van der Waals surface area contributed by atoms with Crippen LogP contribution < -0.4 is 5.32 Å². The number of rotatable bonds is 3. The number of hydrogen-bond acceptors (Lipinski definition) is 4. The van der Waals surface area contributed by atoms with Crippen LogP contribution >= 0.6 is 0 Å². The van der Waals surface area contributed by atoms with E-state index in [1.807, 2.05) is 36.9 Å². The third-order valence-corrected chi connectivity index (χ3v) is 4.85. The van der Waals surface area contributed by atoms with Gasteiger partial charge in [-0.05, 0) is 38.3 Å². The number of benzene rings is 1. The van der Waals surface area contributed by atoms with Crippen molar-refractivity contribution < 1.29 is 14.3 Å². The normalized spacial score (nSPS) is 28.0. The van der Waals surface area contributed by atoms with Crippen LogP contribution in [0.25, 0.3) is 0 Å². The molecule has 6 heteroatoms. The first kappa shape index (κ1) is 15.6. The van der Waals surface area contributed by atoms with E-state index in [1.54, 1.807) is 0 Å². The average Bonchev–Trinajstić information content (AvgIpc) is 2.90. The zero-order valence-corrected chi connectivity index (χ0v) is 14.1. The molecule has 4 rings (SSSR count). The van der Waals surface area contributed by atoms with Crippen LogP contribution in [0.1, 0.15) is 25.8 Å². The summed E-state index contributed by atoms with van der Waals surface area (Å²) in [7, 11) is 0. The smallest absolute Gasteiger partial charge is 0.345 e. The Morgan fingerprint density at radius 3 is 3.00 bits per heavy atom. The highest BCUT2D eigenvalue weighted by Crippen LogP contribution is 2.29. The Balaban J connectivity index is 1.40. The molecule has 3 heterocycles. The minimum atomic E-state index is -0.515. The summed E-state index contributed by atoms with van der Waals surface area (Å²) in [6.07, 6.45) is 1.74. The van der Waals surface area contributed by atoms with Crippen molar-refractivity contribution in [3.63, 3.8) is 0 Å². The second-order valence-corrected chi connectivity index (χ2v) is 7.15. The second-order valence-electron chi connectivity index (χ2n) is 7.15. The predicted molar refractivity (Wildman–Crippen MR) is 91.2 cm³/mol. The van der Waals surface area contributed by atoms with E-state index in [0.717, 1.165) is 24.4 Å². The van der Waals surface area contributed by atoms with Crippen LogP contribution in [-0.2, 0) is 15.9 Å². The summed E-state index contributed by atoms with van der Waals surface area (Å²) < 4.78 is 11.4. The summed E-state index contributed by atoms with van der Waals surface area (Å²) in [5.74, 6) is 0.533. The molecule has 1 fully saturated rings. The van der Waals surface area contributed by atoms with Gasteiger partial charge in [0, 0.05) is 24.7 Å². The fourth-order valence-electron chi connectivity index (χ4n) is 3.60. The number of fused-ring (bicyclic) bond motifs is 2. The highest BCUT2D eigenvalue weighted by molar-refractivity contribution is 6.06. The van der Waals surface area contributed by atoms with Crippen molar-refractivity contribution in [3.05, 3.63) is 29.8 Å². The van der Waals surface area contributed by atoms with Crippen molar-refractivity contribution in [2.75, 3.05) is 25.0 Å². The zero-order chi connectivity index (χ0) is 16.7. The minimum Gasteiger partial charge on any atom is -0.348 e. The van der Waals surface area contributed by atoms with Gasteiger partial charge in [0.15, 0.2) is 5.79 Å². The van der Waals surface area contributed by atoms with Crippen molar-refractivity contribution in [1.29, 1.82) is 0 Å². The topological polar surface area (TPSA) is 63.2 Å². The fraction of sp³-hybridized carbons (Fsp3) is 0.556. The molecule has 0 bridgehead atoms. The van der Waals surface area contributed by atoms with Gasteiger partial charge in [0.05, 0.1) is 12.7 Å². The molecule has 2 amide bonds. The average molecular weight is 329 g/mol. The van der Waals surface area contributed by atoms with E-state index in [4.69, 9.17) is 9.47 Å². The van der Waals surface area contributed by atoms with Crippen molar-refractivity contribution in [3.8, 4) is 0 Å². The Bertz CT molecular complexity index is 686. The lowest BCUT2D eigenvalue weighted by molar-refractivity contribution is -0.139.